The van der Waals surface area contributed by atoms with Crippen LogP contribution in [-0.2, 0) is 16.4 Å². The Labute approximate surface area is 139 Å². The SMILES string of the molecule is Cc1cn[nH]c1CC1CCCN(C2CCN(S(C)(=O)=O)CC2)C1. The van der Waals surface area contributed by atoms with E-state index in [0.29, 0.717) is 25.0 Å². The fraction of sp³-hybridized carbons (Fsp3) is 0.812. The maximum Gasteiger partial charge on any atom is 0.211 e. The van der Waals surface area contributed by atoms with Gasteiger partial charge in [0.2, 0.25) is 10.0 Å². The molecular weight excluding hydrogens is 312 g/mol. The third kappa shape index (κ3) is 4.14. The molecule has 0 radical (unpaired) electrons. The van der Waals surface area contributed by atoms with Crippen molar-refractivity contribution in [2.24, 2.45) is 5.92 Å². The molecule has 1 aromatic heterocycles. The molecule has 0 amide bonds. The van der Waals surface area contributed by atoms with Crippen molar-refractivity contribution in [2.45, 2.75) is 45.1 Å². The molecule has 2 aliphatic rings. The molecule has 130 valence electrons. The summed E-state index contributed by atoms with van der Waals surface area (Å²) in [4.78, 5) is 2.60. The number of aryl methyl sites for hydroxylation is 1. The van der Waals surface area contributed by atoms with E-state index in [-0.39, 0.29) is 0 Å². The number of aromatic amines is 1. The lowest BCUT2D eigenvalue weighted by Gasteiger charge is -2.41. The molecule has 1 unspecified atom stereocenters. The minimum absolute atomic E-state index is 0.540. The maximum absolute atomic E-state index is 11.6. The van der Waals surface area contributed by atoms with Gasteiger partial charge in [0, 0.05) is 31.4 Å². The Kier molecular flexibility index (Phi) is 5.08. The average Bonchev–Trinajstić information content (AvgIpc) is 2.92. The van der Waals surface area contributed by atoms with Gasteiger partial charge in [-0.1, -0.05) is 0 Å². The molecule has 2 aliphatic heterocycles. The van der Waals surface area contributed by atoms with E-state index >= 15 is 0 Å². The van der Waals surface area contributed by atoms with Crippen molar-refractivity contribution in [3.63, 3.8) is 0 Å². The van der Waals surface area contributed by atoms with Crippen LogP contribution in [-0.4, -0.2) is 66.3 Å². The molecule has 7 heteroatoms. The Morgan fingerprint density at radius 2 is 2.00 bits per heavy atom. The van der Waals surface area contributed by atoms with Crippen molar-refractivity contribution in [1.29, 1.82) is 0 Å². The van der Waals surface area contributed by atoms with E-state index in [1.165, 1.54) is 30.4 Å². The van der Waals surface area contributed by atoms with Gasteiger partial charge in [0.25, 0.3) is 0 Å². The van der Waals surface area contributed by atoms with Gasteiger partial charge in [0.15, 0.2) is 0 Å². The molecule has 1 aromatic rings. The molecule has 1 atom stereocenters. The highest BCUT2D eigenvalue weighted by atomic mass is 32.2. The number of sulfonamides is 1. The minimum Gasteiger partial charge on any atom is -0.300 e. The van der Waals surface area contributed by atoms with Gasteiger partial charge in [0.1, 0.15) is 0 Å². The summed E-state index contributed by atoms with van der Waals surface area (Å²) < 4.78 is 24.9. The van der Waals surface area contributed by atoms with Gasteiger partial charge in [-0.2, -0.15) is 5.10 Å². The van der Waals surface area contributed by atoms with Crippen LogP contribution >= 0.6 is 0 Å². The predicted octanol–water partition coefficient (Wildman–Crippen LogP) is 1.40. The summed E-state index contributed by atoms with van der Waals surface area (Å²) in [5.41, 5.74) is 2.52. The average molecular weight is 340 g/mol. The number of hydrogen-bond acceptors (Lipinski definition) is 4. The van der Waals surface area contributed by atoms with Crippen LogP contribution in [0.15, 0.2) is 6.20 Å². The number of piperidine rings is 2. The van der Waals surface area contributed by atoms with Crippen molar-refractivity contribution in [1.82, 2.24) is 19.4 Å². The molecule has 2 saturated heterocycles. The van der Waals surface area contributed by atoms with Crippen LogP contribution in [0.3, 0.4) is 0 Å². The van der Waals surface area contributed by atoms with Gasteiger partial charge in [-0.05, 0) is 57.1 Å². The summed E-state index contributed by atoms with van der Waals surface area (Å²) in [7, 11) is -3.03. The monoisotopic (exact) mass is 340 g/mol. The molecule has 3 rings (SSSR count). The van der Waals surface area contributed by atoms with E-state index in [4.69, 9.17) is 0 Å². The van der Waals surface area contributed by atoms with Gasteiger partial charge >= 0.3 is 0 Å². The standard InChI is InChI=1S/C16H28N4O2S/c1-13-11-17-18-16(13)10-14-4-3-7-19(12-14)15-5-8-20(9-6-15)23(2,21)22/h11,14-15H,3-10,12H2,1-2H3,(H,17,18). The summed E-state index contributed by atoms with van der Waals surface area (Å²) in [5, 5.41) is 7.25. The second kappa shape index (κ2) is 6.91. The van der Waals surface area contributed by atoms with Crippen LogP contribution in [0.4, 0.5) is 0 Å². The van der Waals surface area contributed by atoms with Crippen LogP contribution in [0.25, 0.3) is 0 Å². The Bertz CT molecular complexity index is 620. The van der Waals surface area contributed by atoms with Crippen LogP contribution in [0.1, 0.15) is 36.9 Å². The highest BCUT2D eigenvalue weighted by Crippen LogP contribution is 2.26. The van der Waals surface area contributed by atoms with Crippen LogP contribution in [0.2, 0.25) is 0 Å². The van der Waals surface area contributed by atoms with E-state index in [1.54, 1.807) is 4.31 Å². The number of H-pyrrole nitrogens is 1. The number of nitrogens with zero attached hydrogens (tertiary/aromatic N) is 3. The first-order chi connectivity index (χ1) is 10.9. The van der Waals surface area contributed by atoms with Crippen molar-refractivity contribution in [3.05, 3.63) is 17.5 Å². The Balaban J connectivity index is 1.54. The third-order valence-electron chi connectivity index (χ3n) is 5.39. The first-order valence-corrected chi connectivity index (χ1v) is 10.5. The number of aromatic nitrogens is 2. The molecule has 0 spiro atoms. The highest BCUT2D eigenvalue weighted by Gasteiger charge is 2.31. The summed E-state index contributed by atoms with van der Waals surface area (Å²) in [6.07, 6.45) is 8.73. The molecule has 0 aliphatic carbocycles. The van der Waals surface area contributed by atoms with E-state index in [1.807, 2.05) is 6.20 Å². The molecule has 3 heterocycles. The Morgan fingerprint density at radius 1 is 1.26 bits per heavy atom. The first-order valence-electron chi connectivity index (χ1n) is 8.61. The van der Waals surface area contributed by atoms with Crippen molar-refractivity contribution < 1.29 is 8.42 Å². The Morgan fingerprint density at radius 3 is 2.61 bits per heavy atom. The van der Waals surface area contributed by atoms with Crippen molar-refractivity contribution in [3.8, 4) is 0 Å². The number of nitrogens with one attached hydrogen (secondary N) is 1. The highest BCUT2D eigenvalue weighted by molar-refractivity contribution is 7.88. The van der Waals surface area contributed by atoms with Crippen LogP contribution in [0.5, 0.6) is 0 Å². The molecular formula is C16H28N4O2S. The summed E-state index contributed by atoms with van der Waals surface area (Å²) in [6.45, 7) is 5.74. The fourth-order valence-electron chi connectivity index (χ4n) is 4.00. The number of hydrogen-bond donors (Lipinski definition) is 1. The van der Waals surface area contributed by atoms with Crippen molar-refractivity contribution >= 4 is 10.0 Å². The summed E-state index contributed by atoms with van der Waals surface area (Å²) in [5.74, 6) is 0.677. The lowest BCUT2D eigenvalue weighted by molar-refractivity contribution is 0.0893. The van der Waals surface area contributed by atoms with Gasteiger partial charge in [0.05, 0.1) is 12.5 Å². The molecule has 0 aromatic carbocycles. The van der Waals surface area contributed by atoms with Gasteiger partial charge in [-0.3, -0.25) is 5.10 Å². The molecule has 2 fully saturated rings. The smallest absolute Gasteiger partial charge is 0.211 e. The zero-order valence-electron chi connectivity index (χ0n) is 14.2. The van der Waals surface area contributed by atoms with Crippen LogP contribution < -0.4 is 0 Å². The van der Waals surface area contributed by atoms with Gasteiger partial charge in [-0.15, -0.1) is 0 Å². The van der Waals surface area contributed by atoms with E-state index in [9.17, 15) is 8.42 Å². The summed E-state index contributed by atoms with van der Waals surface area (Å²) >= 11 is 0. The molecule has 0 bridgehead atoms. The van der Waals surface area contributed by atoms with E-state index in [2.05, 4.69) is 22.0 Å². The minimum atomic E-state index is -3.03. The second-order valence-electron chi connectivity index (χ2n) is 7.13. The third-order valence-corrected chi connectivity index (χ3v) is 6.69. The van der Waals surface area contributed by atoms with Crippen molar-refractivity contribution in [2.75, 3.05) is 32.4 Å². The molecule has 1 N–H and O–H groups in total. The normalized spacial score (nSPS) is 25.7. The number of likely N-dealkylation sites (tertiary alicyclic amines) is 1. The largest absolute Gasteiger partial charge is 0.300 e. The lowest BCUT2D eigenvalue weighted by Crippen LogP contribution is -2.49. The Hall–Kier alpha value is -0.920. The zero-order chi connectivity index (χ0) is 16.4. The molecule has 23 heavy (non-hydrogen) atoms. The topological polar surface area (TPSA) is 69.3 Å². The molecule has 0 saturated carbocycles. The van der Waals surface area contributed by atoms with E-state index in [0.717, 1.165) is 32.4 Å². The van der Waals surface area contributed by atoms with Gasteiger partial charge < -0.3 is 4.90 Å². The predicted molar refractivity (Wildman–Crippen MR) is 90.8 cm³/mol. The maximum atomic E-state index is 11.6. The van der Waals surface area contributed by atoms with E-state index < -0.39 is 10.0 Å². The van der Waals surface area contributed by atoms with Gasteiger partial charge in [-0.25, -0.2) is 12.7 Å². The van der Waals surface area contributed by atoms with Crippen LogP contribution in [0, 0.1) is 12.8 Å². The fourth-order valence-corrected chi connectivity index (χ4v) is 4.88. The quantitative estimate of drug-likeness (QED) is 0.899. The zero-order valence-corrected chi connectivity index (χ0v) is 15.0. The molecule has 6 nitrogen and oxygen atoms in total. The summed E-state index contributed by atoms with van der Waals surface area (Å²) in [6, 6.07) is 0.540. The second-order valence-corrected chi connectivity index (χ2v) is 9.11. The first kappa shape index (κ1) is 16.9. The lowest BCUT2D eigenvalue weighted by atomic mass is 9.90. The number of rotatable bonds is 4.